The van der Waals surface area contributed by atoms with Crippen molar-refractivity contribution < 1.29 is 25.2 Å². The van der Waals surface area contributed by atoms with Crippen LogP contribution in [0.4, 0.5) is 0 Å². The molecule has 0 saturated carbocycles. The number of ether oxygens (including phenoxy) is 1. The summed E-state index contributed by atoms with van der Waals surface area (Å²) in [6.45, 7) is -0.523. The lowest BCUT2D eigenvalue weighted by molar-refractivity contribution is -0.210. The van der Waals surface area contributed by atoms with Crippen LogP contribution in [0, 0.1) is 0 Å². The molecule has 0 bridgehead atoms. The molecule has 1 rings (SSSR count). The zero-order valence-corrected chi connectivity index (χ0v) is 7.58. The number of aliphatic hydroxyl groups is 4. The van der Waals surface area contributed by atoms with Gasteiger partial charge < -0.3 is 25.2 Å². The molecule has 1 heterocycles. The highest BCUT2D eigenvalue weighted by Crippen LogP contribution is 2.31. The van der Waals surface area contributed by atoms with Gasteiger partial charge in [0.2, 0.25) is 0 Å². The van der Waals surface area contributed by atoms with Crippen LogP contribution in [0.25, 0.3) is 0 Å². The van der Waals surface area contributed by atoms with E-state index in [1.54, 1.807) is 0 Å². The molecular weight excluding hydrogens is 183 g/mol. The molecule has 72 valence electrons. The van der Waals surface area contributed by atoms with Crippen LogP contribution in [0.1, 0.15) is 0 Å². The molecule has 12 heavy (non-hydrogen) atoms. The van der Waals surface area contributed by atoms with Gasteiger partial charge in [0.25, 0.3) is 0 Å². The molecule has 0 aromatic carbocycles. The molecule has 0 spiro atoms. The summed E-state index contributed by atoms with van der Waals surface area (Å²) < 4.78 is 4.96. The van der Waals surface area contributed by atoms with Crippen LogP contribution < -0.4 is 0 Å². The van der Waals surface area contributed by atoms with Gasteiger partial charge in [-0.15, -0.1) is 0 Å². The van der Waals surface area contributed by atoms with E-state index in [2.05, 4.69) is 9.24 Å². The Balaban J connectivity index is 2.71. The van der Waals surface area contributed by atoms with E-state index >= 15 is 0 Å². The van der Waals surface area contributed by atoms with Crippen molar-refractivity contribution in [2.45, 2.75) is 23.7 Å². The lowest BCUT2D eigenvalue weighted by Crippen LogP contribution is -2.59. The summed E-state index contributed by atoms with van der Waals surface area (Å²) in [7, 11) is 2.13. The Kier molecular flexibility index (Phi) is 3.04. The van der Waals surface area contributed by atoms with Gasteiger partial charge in [-0.3, -0.25) is 0 Å². The van der Waals surface area contributed by atoms with E-state index in [0.29, 0.717) is 0 Å². The average molecular weight is 196 g/mol. The van der Waals surface area contributed by atoms with Crippen LogP contribution >= 0.6 is 9.24 Å². The van der Waals surface area contributed by atoms with Crippen LogP contribution in [0.3, 0.4) is 0 Å². The summed E-state index contributed by atoms with van der Waals surface area (Å²) in [4.78, 5) is 0. The van der Waals surface area contributed by atoms with Gasteiger partial charge in [0.1, 0.15) is 23.7 Å². The van der Waals surface area contributed by atoms with Crippen LogP contribution in [0.15, 0.2) is 0 Å². The highest BCUT2D eigenvalue weighted by Gasteiger charge is 2.45. The minimum atomic E-state index is -1.30. The van der Waals surface area contributed by atoms with Crippen molar-refractivity contribution in [2.75, 3.05) is 13.2 Å². The van der Waals surface area contributed by atoms with Gasteiger partial charge in [-0.05, 0) is 0 Å². The van der Waals surface area contributed by atoms with Crippen LogP contribution in [0.2, 0.25) is 0 Å². The fourth-order valence-electron chi connectivity index (χ4n) is 1.06. The Morgan fingerprint density at radius 2 is 2.00 bits per heavy atom. The summed E-state index contributed by atoms with van der Waals surface area (Å²) in [5.74, 6) is 0. The quantitative estimate of drug-likeness (QED) is 0.353. The van der Waals surface area contributed by atoms with Crippen molar-refractivity contribution in [3.8, 4) is 0 Å². The topological polar surface area (TPSA) is 90.2 Å². The minimum absolute atomic E-state index is 0.0950. The Morgan fingerprint density at radius 1 is 1.42 bits per heavy atom. The maximum Gasteiger partial charge on any atom is 0.132 e. The molecule has 0 amide bonds. The molecular formula is C6H13O5P. The lowest BCUT2D eigenvalue weighted by Gasteiger charge is -2.41. The predicted molar refractivity (Wildman–Crippen MR) is 43.5 cm³/mol. The molecule has 1 unspecified atom stereocenters. The third-order valence-corrected chi connectivity index (χ3v) is 2.68. The maximum absolute atomic E-state index is 9.35. The van der Waals surface area contributed by atoms with Gasteiger partial charge in [0.05, 0.1) is 13.2 Å². The van der Waals surface area contributed by atoms with E-state index in [1.807, 2.05) is 0 Å². The molecule has 1 fully saturated rings. The van der Waals surface area contributed by atoms with E-state index < -0.39 is 30.3 Å². The second-order valence-electron chi connectivity index (χ2n) is 2.93. The van der Waals surface area contributed by atoms with Crippen molar-refractivity contribution in [1.82, 2.24) is 0 Å². The van der Waals surface area contributed by atoms with Gasteiger partial charge in [-0.2, -0.15) is 0 Å². The second kappa shape index (κ2) is 3.54. The number of aliphatic hydroxyl groups excluding tert-OH is 4. The van der Waals surface area contributed by atoms with Gasteiger partial charge in [0.15, 0.2) is 0 Å². The maximum atomic E-state index is 9.35. The normalized spacial score (nSPS) is 49.2. The third-order valence-electron chi connectivity index (χ3n) is 1.99. The summed E-state index contributed by atoms with van der Waals surface area (Å²) in [6, 6.07) is 0. The summed E-state index contributed by atoms with van der Waals surface area (Å²) in [6.07, 6.45) is -3.67. The fourth-order valence-corrected chi connectivity index (χ4v) is 1.36. The number of hydrogen-bond acceptors (Lipinski definition) is 5. The molecule has 0 aromatic rings. The minimum Gasteiger partial charge on any atom is -0.393 e. The highest BCUT2D eigenvalue weighted by atomic mass is 31.0. The molecule has 1 aliphatic rings. The van der Waals surface area contributed by atoms with Gasteiger partial charge in [-0.25, -0.2) is 0 Å². The number of hydrogen-bond donors (Lipinski definition) is 4. The molecule has 0 aliphatic carbocycles. The standard InChI is InChI=1S/C6H13O5P/c7-2-6(12)5(10)4(9)3(8)1-11-6/h3-5,7-10H,1-2,12H2/t3-,4+,5+,6-/m1/s1. The van der Waals surface area contributed by atoms with E-state index in [-0.39, 0.29) is 6.61 Å². The second-order valence-corrected chi connectivity index (χ2v) is 3.90. The first-order valence-electron chi connectivity index (χ1n) is 3.59. The van der Waals surface area contributed by atoms with E-state index in [0.717, 1.165) is 0 Å². The van der Waals surface area contributed by atoms with Crippen molar-refractivity contribution in [3.63, 3.8) is 0 Å². The summed E-state index contributed by atoms with van der Waals surface area (Å²) in [5.41, 5.74) is 0. The first kappa shape index (κ1) is 10.3. The van der Waals surface area contributed by atoms with Crippen molar-refractivity contribution in [3.05, 3.63) is 0 Å². The van der Waals surface area contributed by atoms with Crippen molar-refractivity contribution in [2.24, 2.45) is 0 Å². The van der Waals surface area contributed by atoms with Gasteiger partial charge in [0, 0.05) is 0 Å². The third kappa shape index (κ3) is 1.62. The molecule has 0 aromatic heterocycles. The highest BCUT2D eigenvalue weighted by molar-refractivity contribution is 7.18. The van der Waals surface area contributed by atoms with E-state index in [9.17, 15) is 10.2 Å². The molecule has 5 atom stereocenters. The molecule has 0 radical (unpaired) electrons. The monoisotopic (exact) mass is 196 g/mol. The van der Waals surface area contributed by atoms with Crippen LogP contribution in [0.5, 0.6) is 0 Å². The summed E-state index contributed by atoms with van der Waals surface area (Å²) >= 11 is 0. The molecule has 4 N–H and O–H groups in total. The summed E-state index contributed by atoms with van der Waals surface area (Å²) in [5, 5.41) is 35.2. The van der Waals surface area contributed by atoms with E-state index in [1.165, 1.54) is 0 Å². The Morgan fingerprint density at radius 3 is 2.50 bits per heavy atom. The average Bonchev–Trinajstić information content (AvgIpc) is 2.09. The van der Waals surface area contributed by atoms with Crippen LogP contribution in [-0.4, -0.2) is 57.3 Å². The molecule has 6 heteroatoms. The Hall–Kier alpha value is 0.230. The van der Waals surface area contributed by atoms with Gasteiger partial charge >= 0.3 is 0 Å². The predicted octanol–water partition coefficient (Wildman–Crippen LogP) is -2.34. The molecule has 5 nitrogen and oxygen atoms in total. The lowest BCUT2D eigenvalue weighted by atomic mass is 10.00. The fraction of sp³-hybridized carbons (Fsp3) is 1.00. The molecule has 1 saturated heterocycles. The number of rotatable bonds is 1. The first-order valence-corrected chi connectivity index (χ1v) is 4.17. The van der Waals surface area contributed by atoms with E-state index in [4.69, 9.17) is 14.9 Å². The van der Waals surface area contributed by atoms with Crippen LogP contribution in [-0.2, 0) is 4.74 Å². The Labute approximate surface area is 72.2 Å². The Bertz CT molecular complexity index is 166. The van der Waals surface area contributed by atoms with Gasteiger partial charge in [-0.1, -0.05) is 9.24 Å². The van der Waals surface area contributed by atoms with Crippen molar-refractivity contribution in [1.29, 1.82) is 0 Å². The zero-order valence-electron chi connectivity index (χ0n) is 6.42. The first-order chi connectivity index (χ1) is 5.51. The largest absolute Gasteiger partial charge is 0.393 e. The smallest absolute Gasteiger partial charge is 0.132 e. The van der Waals surface area contributed by atoms with Crippen molar-refractivity contribution >= 4 is 9.24 Å². The SMILES string of the molecule is OC[C@]1(P)OC[C@@H](O)[C@H](O)[C@@H]1O. The zero-order chi connectivity index (χ0) is 9.35. The molecule has 1 aliphatic heterocycles.